The van der Waals surface area contributed by atoms with Gasteiger partial charge in [-0.3, -0.25) is 0 Å². The molecule has 2 nitrogen and oxygen atoms in total. The summed E-state index contributed by atoms with van der Waals surface area (Å²) < 4.78 is 0. The van der Waals surface area contributed by atoms with Crippen LogP contribution >= 0.6 is 0 Å². The molecule has 13 aromatic carbocycles. The van der Waals surface area contributed by atoms with E-state index < -0.39 is 0 Å². The molecule has 0 aliphatic rings. The number of fused-ring (bicyclic) bond motifs is 1. The Labute approximate surface area is 457 Å². The highest BCUT2D eigenvalue weighted by Gasteiger charge is 2.19. The summed E-state index contributed by atoms with van der Waals surface area (Å²) in [7, 11) is 0. The van der Waals surface area contributed by atoms with Gasteiger partial charge in [0.1, 0.15) is 0 Å². The summed E-state index contributed by atoms with van der Waals surface area (Å²) in [5.74, 6) is 0. The molecular weight excluding hydrogens is 941 g/mol. The van der Waals surface area contributed by atoms with Crippen molar-refractivity contribution in [2.24, 2.45) is 0 Å². The van der Waals surface area contributed by atoms with Gasteiger partial charge in [-0.2, -0.15) is 0 Å². The van der Waals surface area contributed by atoms with Gasteiger partial charge in [0.2, 0.25) is 0 Å². The third-order valence-corrected chi connectivity index (χ3v) is 14.9. The molecule has 0 amide bonds. The first kappa shape index (κ1) is 47.4. The topological polar surface area (TPSA) is 6.48 Å². The van der Waals surface area contributed by atoms with E-state index in [1.54, 1.807) is 0 Å². The maximum atomic E-state index is 2.42. The average Bonchev–Trinajstić information content (AvgIpc) is 3.56. The van der Waals surface area contributed by atoms with Crippen molar-refractivity contribution in [3.05, 3.63) is 328 Å². The van der Waals surface area contributed by atoms with Gasteiger partial charge >= 0.3 is 0 Å². The average molecular weight is 995 g/mol. The molecular formula is C76H54N2. The van der Waals surface area contributed by atoms with E-state index in [0.717, 1.165) is 56.4 Å². The summed E-state index contributed by atoms with van der Waals surface area (Å²) in [6, 6.07) is 118. The molecule has 78 heavy (non-hydrogen) atoms. The van der Waals surface area contributed by atoms with Crippen LogP contribution < -0.4 is 9.80 Å². The van der Waals surface area contributed by atoms with E-state index in [1.165, 1.54) is 66.4 Å². The molecule has 0 aromatic heterocycles. The fourth-order valence-electron chi connectivity index (χ4n) is 10.8. The van der Waals surface area contributed by atoms with Crippen LogP contribution in [0, 0.1) is 0 Å². The van der Waals surface area contributed by atoms with Crippen LogP contribution in [-0.4, -0.2) is 0 Å². The van der Waals surface area contributed by atoms with Crippen LogP contribution in [0.1, 0.15) is 0 Å². The van der Waals surface area contributed by atoms with Gasteiger partial charge in [0, 0.05) is 33.8 Å². The minimum absolute atomic E-state index is 1.07. The van der Waals surface area contributed by atoms with E-state index in [9.17, 15) is 0 Å². The SMILES string of the molecule is c1ccc(-c2ccc(-c3ccc(N(c4ccc(-c5ccc(-c6ccccc6)cc5)cc4)c4ccc(-c5ccc(N(c6cc(-c7ccccc7)cc(-c7ccccc7)c6)c6cccc7ccccc67)cc5)cc4)cc3)cc2)cc1. The highest BCUT2D eigenvalue weighted by Crippen LogP contribution is 2.44. The van der Waals surface area contributed by atoms with Crippen molar-refractivity contribution in [3.8, 4) is 77.9 Å². The van der Waals surface area contributed by atoms with Crippen LogP contribution in [0.5, 0.6) is 0 Å². The summed E-state index contributed by atoms with van der Waals surface area (Å²) in [5, 5.41) is 2.39. The summed E-state index contributed by atoms with van der Waals surface area (Å²) in [6.07, 6.45) is 0. The second-order valence-electron chi connectivity index (χ2n) is 19.7. The van der Waals surface area contributed by atoms with E-state index >= 15 is 0 Å². The van der Waals surface area contributed by atoms with E-state index in [2.05, 4.69) is 337 Å². The van der Waals surface area contributed by atoms with Gasteiger partial charge in [0.05, 0.1) is 5.69 Å². The molecule has 0 heterocycles. The summed E-state index contributed by atoms with van der Waals surface area (Å²) in [5.41, 5.74) is 23.1. The molecule has 13 rings (SSSR count). The van der Waals surface area contributed by atoms with Gasteiger partial charge in [-0.05, 0) is 156 Å². The first-order valence-electron chi connectivity index (χ1n) is 26.7. The third-order valence-electron chi connectivity index (χ3n) is 14.9. The van der Waals surface area contributed by atoms with E-state index in [-0.39, 0.29) is 0 Å². The zero-order valence-corrected chi connectivity index (χ0v) is 43.1. The molecule has 0 radical (unpaired) electrons. The van der Waals surface area contributed by atoms with Crippen molar-refractivity contribution < 1.29 is 0 Å². The Morgan fingerprint density at radius 2 is 0.410 bits per heavy atom. The van der Waals surface area contributed by atoms with Crippen LogP contribution in [0.4, 0.5) is 34.1 Å². The van der Waals surface area contributed by atoms with Gasteiger partial charge in [0.25, 0.3) is 0 Å². The lowest BCUT2D eigenvalue weighted by Gasteiger charge is -2.28. The minimum Gasteiger partial charge on any atom is -0.311 e. The Morgan fingerprint density at radius 1 is 0.154 bits per heavy atom. The molecule has 0 aliphatic heterocycles. The first-order chi connectivity index (χ1) is 38.6. The van der Waals surface area contributed by atoms with Gasteiger partial charge in [-0.1, -0.05) is 255 Å². The number of benzene rings is 13. The molecule has 0 N–H and O–H groups in total. The second kappa shape index (κ2) is 21.5. The van der Waals surface area contributed by atoms with Gasteiger partial charge < -0.3 is 9.80 Å². The lowest BCUT2D eigenvalue weighted by Crippen LogP contribution is -2.11. The molecule has 0 bridgehead atoms. The molecule has 0 atom stereocenters. The quantitative estimate of drug-likeness (QED) is 0.114. The highest BCUT2D eigenvalue weighted by molar-refractivity contribution is 6.00. The lowest BCUT2D eigenvalue weighted by molar-refractivity contribution is 1.28. The third kappa shape index (κ3) is 9.90. The van der Waals surface area contributed by atoms with Crippen molar-refractivity contribution in [2.45, 2.75) is 0 Å². The predicted octanol–water partition coefficient (Wildman–Crippen LogP) is 21.4. The van der Waals surface area contributed by atoms with Crippen molar-refractivity contribution in [1.29, 1.82) is 0 Å². The molecule has 2 heteroatoms. The zero-order valence-electron chi connectivity index (χ0n) is 43.1. The predicted molar refractivity (Wildman–Crippen MR) is 331 cm³/mol. The van der Waals surface area contributed by atoms with Gasteiger partial charge in [-0.25, -0.2) is 0 Å². The Kier molecular flexibility index (Phi) is 13.1. The number of nitrogens with zero attached hydrogens (tertiary/aromatic N) is 2. The zero-order chi connectivity index (χ0) is 52.0. The lowest BCUT2D eigenvalue weighted by atomic mass is 9.96. The summed E-state index contributed by atoms with van der Waals surface area (Å²) >= 11 is 0. The van der Waals surface area contributed by atoms with Crippen molar-refractivity contribution in [1.82, 2.24) is 0 Å². The first-order valence-corrected chi connectivity index (χ1v) is 26.7. The van der Waals surface area contributed by atoms with Gasteiger partial charge in [0.15, 0.2) is 0 Å². The number of rotatable bonds is 13. The molecule has 368 valence electrons. The fourth-order valence-corrected chi connectivity index (χ4v) is 10.8. The summed E-state index contributed by atoms with van der Waals surface area (Å²) in [6.45, 7) is 0. The van der Waals surface area contributed by atoms with Gasteiger partial charge in [-0.15, -0.1) is 0 Å². The maximum Gasteiger partial charge on any atom is 0.0540 e. The molecule has 0 spiro atoms. The van der Waals surface area contributed by atoms with Crippen LogP contribution in [0.3, 0.4) is 0 Å². The van der Waals surface area contributed by atoms with Crippen LogP contribution in [-0.2, 0) is 0 Å². The fraction of sp³-hybridized carbons (Fsp3) is 0. The monoisotopic (exact) mass is 994 g/mol. The Morgan fingerprint density at radius 3 is 0.756 bits per heavy atom. The van der Waals surface area contributed by atoms with Crippen LogP contribution in [0.2, 0.25) is 0 Å². The highest BCUT2D eigenvalue weighted by atomic mass is 15.1. The smallest absolute Gasteiger partial charge is 0.0540 e. The number of anilines is 6. The largest absolute Gasteiger partial charge is 0.311 e. The van der Waals surface area contributed by atoms with E-state index in [4.69, 9.17) is 0 Å². The molecule has 0 saturated heterocycles. The Balaban J connectivity index is 0.842. The standard InChI is InChI=1S/C76H54N2/c1-5-16-55(17-6-1)59-28-32-61(33-29-59)63-36-44-70(45-37-63)77(71-46-38-64(39-47-71)62-34-30-60(31-35-62)56-18-7-2-8-19-56)72-48-40-65(41-49-72)66-42-50-73(51-43-66)78(76-27-15-25-67-24-13-14-26-75(67)76)74-53-68(57-20-9-3-10-21-57)52-69(54-74)58-22-11-4-12-23-58/h1-54H. The van der Waals surface area contributed by atoms with Crippen LogP contribution in [0.25, 0.3) is 88.7 Å². The molecule has 0 aliphatic carbocycles. The molecule has 0 saturated carbocycles. The second-order valence-corrected chi connectivity index (χ2v) is 19.7. The normalized spacial score (nSPS) is 11.1. The molecule has 0 unspecified atom stereocenters. The Hall–Kier alpha value is -10.3. The van der Waals surface area contributed by atoms with E-state index in [1.807, 2.05) is 0 Å². The number of hydrogen-bond acceptors (Lipinski definition) is 2. The molecule has 13 aromatic rings. The maximum absolute atomic E-state index is 2.42. The van der Waals surface area contributed by atoms with Crippen molar-refractivity contribution in [3.63, 3.8) is 0 Å². The van der Waals surface area contributed by atoms with E-state index in [0.29, 0.717) is 0 Å². The Bertz CT molecular complexity index is 3910. The summed E-state index contributed by atoms with van der Waals surface area (Å²) in [4.78, 5) is 4.77. The van der Waals surface area contributed by atoms with Crippen LogP contribution in [0.15, 0.2) is 328 Å². The van der Waals surface area contributed by atoms with Crippen molar-refractivity contribution >= 4 is 44.9 Å². The minimum atomic E-state index is 1.07. The van der Waals surface area contributed by atoms with Crippen molar-refractivity contribution in [2.75, 3.05) is 9.80 Å². The number of hydrogen-bond donors (Lipinski definition) is 0. The molecule has 0 fully saturated rings.